The summed E-state index contributed by atoms with van der Waals surface area (Å²) in [6.07, 6.45) is 6.36. The summed E-state index contributed by atoms with van der Waals surface area (Å²) in [7, 11) is 3.64. The largest absolute Gasteiger partial charge is 0.496 e. The summed E-state index contributed by atoms with van der Waals surface area (Å²) in [5.41, 5.74) is 3.97. The van der Waals surface area contributed by atoms with Crippen LogP contribution in [0, 0.1) is 6.92 Å². The molecule has 0 atom stereocenters. The van der Waals surface area contributed by atoms with Crippen LogP contribution in [0.15, 0.2) is 18.5 Å². The minimum Gasteiger partial charge on any atom is -0.496 e. The lowest BCUT2D eigenvalue weighted by atomic mass is 10.1. The SMILES string of the molecule is COc1c(-c2nc3cn(C4CCNCC4)nc3s2)cc2cn(C)nc2c1C. The van der Waals surface area contributed by atoms with Crippen LogP contribution in [-0.4, -0.2) is 44.7 Å². The van der Waals surface area contributed by atoms with Crippen LogP contribution < -0.4 is 10.1 Å². The molecule has 8 heteroatoms. The Hall–Kier alpha value is -2.45. The monoisotopic (exact) mass is 382 g/mol. The van der Waals surface area contributed by atoms with Crippen molar-refractivity contribution in [3.8, 4) is 16.3 Å². The molecule has 4 aromatic rings. The molecule has 7 nitrogen and oxygen atoms in total. The summed E-state index contributed by atoms with van der Waals surface area (Å²) in [5, 5.41) is 14.8. The molecular weight excluding hydrogens is 360 g/mol. The van der Waals surface area contributed by atoms with E-state index >= 15 is 0 Å². The zero-order chi connectivity index (χ0) is 18.5. The summed E-state index contributed by atoms with van der Waals surface area (Å²) >= 11 is 1.62. The molecule has 0 spiro atoms. The van der Waals surface area contributed by atoms with E-state index in [-0.39, 0.29) is 0 Å². The Morgan fingerprint density at radius 1 is 1.22 bits per heavy atom. The zero-order valence-electron chi connectivity index (χ0n) is 15.7. The summed E-state index contributed by atoms with van der Waals surface area (Å²) < 4.78 is 9.66. The fraction of sp³-hybridized carbons (Fsp3) is 0.421. The van der Waals surface area contributed by atoms with Crippen molar-refractivity contribution < 1.29 is 4.74 Å². The highest BCUT2D eigenvalue weighted by Gasteiger charge is 2.21. The first kappa shape index (κ1) is 16.7. The first-order chi connectivity index (χ1) is 13.1. The van der Waals surface area contributed by atoms with Crippen LogP contribution >= 0.6 is 11.3 Å². The Morgan fingerprint density at radius 3 is 2.78 bits per heavy atom. The van der Waals surface area contributed by atoms with Crippen LogP contribution in [0.1, 0.15) is 24.4 Å². The molecule has 0 unspecified atom stereocenters. The predicted octanol–water partition coefficient (Wildman–Crippen LogP) is 3.29. The van der Waals surface area contributed by atoms with Gasteiger partial charge in [0.15, 0.2) is 4.83 Å². The predicted molar refractivity (Wildman–Crippen MR) is 108 cm³/mol. The fourth-order valence-electron chi connectivity index (χ4n) is 3.97. The zero-order valence-corrected chi connectivity index (χ0v) is 16.5. The molecule has 0 amide bonds. The smallest absolute Gasteiger partial charge is 0.166 e. The minimum atomic E-state index is 0.472. The fourth-order valence-corrected chi connectivity index (χ4v) is 4.90. The molecular formula is C19H22N6OS. The van der Waals surface area contributed by atoms with Gasteiger partial charge >= 0.3 is 0 Å². The van der Waals surface area contributed by atoms with Crippen LogP contribution in [0.5, 0.6) is 5.75 Å². The molecule has 1 aliphatic heterocycles. The normalized spacial score (nSPS) is 15.8. The van der Waals surface area contributed by atoms with E-state index in [9.17, 15) is 0 Å². The Morgan fingerprint density at radius 2 is 2.04 bits per heavy atom. The number of rotatable bonds is 3. The highest BCUT2D eigenvalue weighted by atomic mass is 32.1. The molecule has 1 aromatic carbocycles. The van der Waals surface area contributed by atoms with Gasteiger partial charge in [-0.2, -0.15) is 10.2 Å². The van der Waals surface area contributed by atoms with Crippen molar-refractivity contribution in [2.45, 2.75) is 25.8 Å². The van der Waals surface area contributed by atoms with E-state index < -0.39 is 0 Å². The van der Waals surface area contributed by atoms with Crippen LogP contribution in [0.3, 0.4) is 0 Å². The third-order valence-corrected chi connectivity index (χ3v) is 6.30. The Labute approximate surface area is 161 Å². The van der Waals surface area contributed by atoms with Crippen LogP contribution in [0.2, 0.25) is 0 Å². The van der Waals surface area contributed by atoms with Gasteiger partial charge in [-0.3, -0.25) is 9.36 Å². The first-order valence-corrected chi connectivity index (χ1v) is 10.0. The molecule has 1 N–H and O–H groups in total. The maximum absolute atomic E-state index is 5.72. The van der Waals surface area contributed by atoms with E-state index in [1.54, 1.807) is 18.4 Å². The lowest BCUT2D eigenvalue weighted by Crippen LogP contribution is -2.29. The highest BCUT2D eigenvalue weighted by molar-refractivity contribution is 7.21. The summed E-state index contributed by atoms with van der Waals surface area (Å²) in [4.78, 5) is 5.86. The van der Waals surface area contributed by atoms with E-state index in [0.29, 0.717) is 6.04 Å². The third kappa shape index (κ3) is 2.71. The van der Waals surface area contributed by atoms with Crippen molar-refractivity contribution >= 4 is 32.6 Å². The molecule has 5 rings (SSSR count). The number of hydrogen-bond acceptors (Lipinski definition) is 6. The van der Waals surface area contributed by atoms with Gasteiger partial charge in [0.25, 0.3) is 0 Å². The van der Waals surface area contributed by atoms with Crippen molar-refractivity contribution in [2.24, 2.45) is 7.05 Å². The number of fused-ring (bicyclic) bond motifs is 2. The topological polar surface area (TPSA) is 69.8 Å². The second-order valence-electron chi connectivity index (χ2n) is 7.12. The Bertz CT molecular complexity index is 1100. The number of methoxy groups -OCH3 is 1. The lowest BCUT2D eigenvalue weighted by Gasteiger charge is -2.22. The molecule has 1 aliphatic rings. The Kier molecular flexibility index (Phi) is 3.91. The molecule has 140 valence electrons. The molecule has 1 fully saturated rings. The van der Waals surface area contributed by atoms with Gasteiger partial charge in [-0.1, -0.05) is 11.3 Å². The van der Waals surface area contributed by atoms with E-state index in [1.165, 1.54) is 0 Å². The van der Waals surface area contributed by atoms with Crippen molar-refractivity contribution in [1.82, 2.24) is 29.9 Å². The number of ether oxygens (including phenoxy) is 1. The van der Waals surface area contributed by atoms with Crippen LogP contribution in [0.4, 0.5) is 0 Å². The molecule has 3 aromatic heterocycles. The van der Waals surface area contributed by atoms with Gasteiger partial charge in [0.1, 0.15) is 16.3 Å². The number of nitrogens with zero attached hydrogens (tertiary/aromatic N) is 5. The number of aryl methyl sites for hydroxylation is 2. The average Bonchev–Trinajstić information content (AvgIpc) is 3.34. The summed E-state index contributed by atoms with van der Waals surface area (Å²) in [6, 6.07) is 2.59. The maximum atomic E-state index is 5.72. The van der Waals surface area contributed by atoms with Crippen LogP contribution in [0.25, 0.3) is 31.8 Å². The second kappa shape index (κ2) is 6.31. The maximum Gasteiger partial charge on any atom is 0.166 e. The van der Waals surface area contributed by atoms with E-state index in [1.807, 2.05) is 24.9 Å². The highest BCUT2D eigenvalue weighted by Crippen LogP contribution is 2.40. The standard InChI is InChI=1S/C19H22N6OS/c1-11-16-12(9-24(2)22-16)8-14(17(11)26-3)18-21-15-10-25(23-19(15)27-18)13-4-6-20-7-5-13/h8-10,13,20H,4-7H2,1-3H3. The van der Waals surface area contributed by atoms with Gasteiger partial charge < -0.3 is 10.1 Å². The van der Waals surface area contributed by atoms with Crippen molar-refractivity contribution in [3.63, 3.8) is 0 Å². The molecule has 0 bridgehead atoms. The third-order valence-electron chi connectivity index (χ3n) is 5.31. The minimum absolute atomic E-state index is 0.472. The van der Waals surface area contributed by atoms with Crippen molar-refractivity contribution in [3.05, 3.63) is 24.0 Å². The van der Waals surface area contributed by atoms with E-state index in [0.717, 1.165) is 69.1 Å². The second-order valence-corrected chi connectivity index (χ2v) is 8.10. The van der Waals surface area contributed by atoms with Crippen molar-refractivity contribution in [1.29, 1.82) is 0 Å². The Balaban J connectivity index is 1.59. The first-order valence-electron chi connectivity index (χ1n) is 9.22. The lowest BCUT2D eigenvalue weighted by molar-refractivity contribution is 0.345. The summed E-state index contributed by atoms with van der Waals surface area (Å²) in [6.45, 7) is 4.16. The van der Waals surface area contributed by atoms with Gasteiger partial charge in [0.2, 0.25) is 0 Å². The average molecular weight is 382 g/mol. The number of aromatic nitrogens is 5. The van der Waals surface area contributed by atoms with E-state index in [2.05, 4.69) is 27.4 Å². The molecule has 0 radical (unpaired) electrons. The van der Waals surface area contributed by atoms with Crippen LogP contribution in [-0.2, 0) is 7.05 Å². The number of benzene rings is 1. The molecule has 4 heterocycles. The number of thiazole rings is 1. The van der Waals surface area contributed by atoms with Gasteiger partial charge in [0, 0.05) is 24.2 Å². The quantitative estimate of drug-likeness (QED) is 0.589. The van der Waals surface area contributed by atoms with Crippen molar-refractivity contribution in [2.75, 3.05) is 20.2 Å². The van der Waals surface area contributed by atoms with Gasteiger partial charge in [0.05, 0.1) is 30.4 Å². The molecule has 27 heavy (non-hydrogen) atoms. The van der Waals surface area contributed by atoms with Gasteiger partial charge in [-0.25, -0.2) is 4.98 Å². The van der Waals surface area contributed by atoms with E-state index in [4.69, 9.17) is 14.8 Å². The van der Waals surface area contributed by atoms with Gasteiger partial charge in [-0.15, -0.1) is 0 Å². The molecule has 0 saturated carbocycles. The number of hydrogen-bond donors (Lipinski definition) is 1. The van der Waals surface area contributed by atoms with Gasteiger partial charge in [-0.05, 0) is 38.9 Å². The number of nitrogens with one attached hydrogen (secondary N) is 1. The number of piperidine rings is 1. The molecule has 0 aliphatic carbocycles. The summed E-state index contributed by atoms with van der Waals surface area (Å²) in [5.74, 6) is 0.837. The molecule has 1 saturated heterocycles.